The van der Waals surface area contributed by atoms with Crippen LogP contribution >= 0.6 is 0 Å². The smallest absolute Gasteiger partial charge is 0.207 e. The maximum absolute atomic E-state index is 10.3. The topological polar surface area (TPSA) is 56.1 Å². The van der Waals surface area contributed by atoms with Crippen LogP contribution in [0.5, 0.6) is 5.75 Å². The standard InChI is InChI=1S/C14H20N2O.C13H15NO.C2H6/c1-11-8-14(6-7-16-11)13-4-2-12(3-5-13)9-15-10-17;1-10-8-14(2)9-13(10)11-5-4-6-12(7-11)15-3;1-2/h6-8,10,12-13H,2-5,9H2,1H3,(H,15,17);4-9H,1-3H3;1-2H3. The van der Waals surface area contributed by atoms with Crippen molar-refractivity contribution in [1.82, 2.24) is 14.9 Å². The summed E-state index contributed by atoms with van der Waals surface area (Å²) in [6.45, 7) is 9.00. The fourth-order valence-corrected chi connectivity index (χ4v) is 4.55. The Balaban J connectivity index is 0.000000225. The number of rotatable bonds is 6. The summed E-state index contributed by atoms with van der Waals surface area (Å²) in [5, 5.41) is 2.79. The maximum atomic E-state index is 10.3. The summed E-state index contributed by atoms with van der Waals surface area (Å²) < 4.78 is 7.29. The molecule has 5 nitrogen and oxygen atoms in total. The summed E-state index contributed by atoms with van der Waals surface area (Å²) in [6, 6.07) is 12.5. The zero-order valence-electron chi connectivity index (χ0n) is 21.7. The third-order valence-electron chi connectivity index (χ3n) is 6.26. The van der Waals surface area contributed by atoms with Crippen LogP contribution in [-0.2, 0) is 11.8 Å². The van der Waals surface area contributed by atoms with E-state index in [4.69, 9.17) is 4.74 Å². The normalized spacial score (nSPS) is 16.9. The van der Waals surface area contributed by atoms with E-state index < -0.39 is 0 Å². The van der Waals surface area contributed by atoms with Crippen molar-refractivity contribution in [1.29, 1.82) is 0 Å². The Morgan fingerprint density at radius 1 is 1.09 bits per heavy atom. The minimum Gasteiger partial charge on any atom is -0.497 e. The molecule has 0 aliphatic heterocycles. The van der Waals surface area contributed by atoms with Crippen LogP contribution < -0.4 is 10.1 Å². The number of benzene rings is 1. The molecule has 0 spiro atoms. The summed E-state index contributed by atoms with van der Waals surface area (Å²) in [4.78, 5) is 14.5. The summed E-state index contributed by atoms with van der Waals surface area (Å²) >= 11 is 0. The molecular weight excluding hydrogens is 422 g/mol. The van der Waals surface area contributed by atoms with Crippen molar-refractivity contribution in [2.45, 2.75) is 59.3 Å². The van der Waals surface area contributed by atoms with Gasteiger partial charge in [0.25, 0.3) is 0 Å². The van der Waals surface area contributed by atoms with Gasteiger partial charge in [0.2, 0.25) is 6.41 Å². The van der Waals surface area contributed by atoms with Crippen molar-refractivity contribution in [3.05, 3.63) is 71.8 Å². The van der Waals surface area contributed by atoms with E-state index in [0.717, 1.165) is 24.4 Å². The number of carbonyl (C=O) groups is 1. The number of aryl methyl sites for hydroxylation is 3. The summed E-state index contributed by atoms with van der Waals surface area (Å²) in [7, 11) is 3.73. The van der Waals surface area contributed by atoms with Crippen LogP contribution in [0.3, 0.4) is 0 Å². The van der Waals surface area contributed by atoms with E-state index in [2.05, 4.69) is 58.5 Å². The number of hydrogen-bond acceptors (Lipinski definition) is 3. The highest BCUT2D eigenvalue weighted by Crippen LogP contribution is 2.35. The Bertz CT molecular complexity index is 1000. The second-order valence-electron chi connectivity index (χ2n) is 8.73. The van der Waals surface area contributed by atoms with Gasteiger partial charge < -0.3 is 14.6 Å². The molecule has 1 aliphatic rings. The van der Waals surface area contributed by atoms with Gasteiger partial charge in [0, 0.05) is 43.4 Å². The van der Waals surface area contributed by atoms with Gasteiger partial charge >= 0.3 is 0 Å². The lowest BCUT2D eigenvalue weighted by Gasteiger charge is -2.28. The fraction of sp³-hybridized carbons (Fsp3) is 0.448. The number of methoxy groups -OCH3 is 1. The van der Waals surface area contributed by atoms with Crippen molar-refractivity contribution < 1.29 is 9.53 Å². The van der Waals surface area contributed by atoms with Crippen LogP contribution in [0.1, 0.15) is 62.3 Å². The monoisotopic (exact) mass is 463 g/mol. The highest BCUT2D eigenvalue weighted by molar-refractivity contribution is 5.68. The second kappa shape index (κ2) is 14.2. The van der Waals surface area contributed by atoms with Crippen LogP contribution in [-0.4, -0.2) is 29.6 Å². The van der Waals surface area contributed by atoms with Gasteiger partial charge in [-0.3, -0.25) is 9.78 Å². The van der Waals surface area contributed by atoms with E-state index in [1.165, 1.54) is 47.9 Å². The van der Waals surface area contributed by atoms with Crippen molar-refractivity contribution in [2.75, 3.05) is 13.7 Å². The number of ether oxygens (including phenoxy) is 1. The first-order valence-corrected chi connectivity index (χ1v) is 12.4. The summed E-state index contributed by atoms with van der Waals surface area (Å²) in [5.41, 5.74) is 6.28. The average molecular weight is 464 g/mol. The van der Waals surface area contributed by atoms with E-state index in [1.54, 1.807) is 7.11 Å². The van der Waals surface area contributed by atoms with Crippen molar-refractivity contribution >= 4 is 6.41 Å². The van der Waals surface area contributed by atoms with Gasteiger partial charge in [0.1, 0.15) is 5.75 Å². The fourth-order valence-electron chi connectivity index (χ4n) is 4.55. The predicted octanol–water partition coefficient (Wildman–Crippen LogP) is 6.45. The zero-order chi connectivity index (χ0) is 24.9. The summed E-state index contributed by atoms with van der Waals surface area (Å²) in [6.07, 6.45) is 11.9. The van der Waals surface area contributed by atoms with E-state index in [1.807, 2.05) is 46.1 Å². The molecule has 1 aliphatic carbocycles. The predicted molar refractivity (Wildman–Crippen MR) is 141 cm³/mol. The number of amides is 1. The lowest BCUT2D eigenvalue weighted by Crippen LogP contribution is -2.25. The van der Waals surface area contributed by atoms with Gasteiger partial charge in [-0.1, -0.05) is 26.0 Å². The third-order valence-corrected chi connectivity index (χ3v) is 6.26. The Morgan fingerprint density at radius 2 is 1.82 bits per heavy atom. The van der Waals surface area contributed by atoms with E-state index in [9.17, 15) is 4.79 Å². The Morgan fingerprint density at radius 3 is 2.41 bits per heavy atom. The molecule has 0 bridgehead atoms. The summed E-state index contributed by atoms with van der Waals surface area (Å²) in [5.74, 6) is 2.25. The van der Waals surface area contributed by atoms with Crippen LogP contribution in [0.25, 0.3) is 11.1 Å². The molecule has 1 saturated carbocycles. The van der Waals surface area contributed by atoms with E-state index in [-0.39, 0.29) is 0 Å². The third kappa shape index (κ3) is 8.05. The van der Waals surface area contributed by atoms with Gasteiger partial charge in [-0.05, 0) is 92.3 Å². The molecule has 0 unspecified atom stereocenters. The van der Waals surface area contributed by atoms with Crippen LogP contribution in [0.2, 0.25) is 0 Å². The molecule has 2 heterocycles. The van der Waals surface area contributed by atoms with E-state index >= 15 is 0 Å². The molecule has 0 saturated heterocycles. The molecule has 1 aromatic carbocycles. The lowest BCUT2D eigenvalue weighted by atomic mass is 9.79. The quantitative estimate of drug-likeness (QED) is 0.428. The first-order valence-electron chi connectivity index (χ1n) is 12.4. The number of hydrogen-bond donors (Lipinski definition) is 1. The van der Waals surface area contributed by atoms with Crippen molar-refractivity contribution in [2.24, 2.45) is 13.0 Å². The van der Waals surface area contributed by atoms with Crippen LogP contribution in [0.4, 0.5) is 0 Å². The maximum Gasteiger partial charge on any atom is 0.207 e. The van der Waals surface area contributed by atoms with Crippen molar-refractivity contribution in [3.8, 4) is 16.9 Å². The van der Waals surface area contributed by atoms with Crippen molar-refractivity contribution in [3.63, 3.8) is 0 Å². The van der Waals surface area contributed by atoms with Crippen LogP contribution in [0.15, 0.2) is 55.0 Å². The molecule has 0 radical (unpaired) electrons. The Hall–Kier alpha value is -3.08. The number of nitrogens with one attached hydrogen (secondary N) is 1. The SMILES string of the molecule is CC.COc1cccc(-c2cn(C)cc2C)c1.Cc1cc(C2CCC(CNC=O)CC2)ccn1. The molecule has 184 valence electrons. The molecule has 1 amide bonds. The largest absolute Gasteiger partial charge is 0.497 e. The van der Waals surface area contributed by atoms with Gasteiger partial charge in [0.15, 0.2) is 0 Å². The molecule has 4 rings (SSSR count). The molecule has 0 atom stereocenters. The highest BCUT2D eigenvalue weighted by atomic mass is 16.5. The molecule has 34 heavy (non-hydrogen) atoms. The van der Waals surface area contributed by atoms with Gasteiger partial charge in [-0.25, -0.2) is 0 Å². The number of nitrogens with zero attached hydrogens (tertiary/aromatic N) is 2. The average Bonchev–Trinajstić information content (AvgIpc) is 3.22. The van der Waals surface area contributed by atoms with Gasteiger partial charge in [0.05, 0.1) is 7.11 Å². The van der Waals surface area contributed by atoms with E-state index in [0.29, 0.717) is 11.8 Å². The first-order chi connectivity index (χ1) is 16.5. The minimum absolute atomic E-state index is 0.666. The molecule has 2 aromatic heterocycles. The second-order valence-corrected chi connectivity index (χ2v) is 8.73. The Kier molecular flexibility index (Phi) is 11.4. The number of pyridine rings is 1. The molecule has 1 N–H and O–H groups in total. The molecule has 3 aromatic rings. The molecular formula is C29H41N3O2. The zero-order valence-corrected chi connectivity index (χ0v) is 21.7. The Labute approximate surface area is 205 Å². The number of aromatic nitrogens is 2. The lowest BCUT2D eigenvalue weighted by molar-refractivity contribution is -0.109. The van der Waals surface area contributed by atoms with Gasteiger partial charge in [-0.2, -0.15) is 0 Å². The number of carbonyl (C=O) groups excluding carboxylic acids is 1. The first kappa shape index (κ1) is 27.2. The highest BCUT2D eigenvalue weighted by Gasteiger charge is 2.22. The molecule has 1 fully saturated rings. The van der Waals surface area contributed by atoms with Gasteiger partial charge in [-0.15, -0.1) is 0 Å². The molecule has 5 heteroatoms. The van der Waals surface area contributed by atoms with Crippen LogP contribution in [0, 0.1) is 19.8 Å². The minimum atomic E-state index is 0.666.